The van der Waals surface area contributed by atoms with Crippen LogP contribution in [0.25, 0.3) is 0 Å². The van der Waals surface area contributed by atoms with Gasteiger partial charge in [-0.2, -0.15) is 0 Å². The number of hydrogen-bond donors (Lipinski definition) is 3. The second kappa shape index (κ2) is 4.57. The molecule has 0 spiro atoms. The minimum atomic E-state index is -1.15. The number of anilines is 1. The van der Waals surface area contributed by atoms with E-state index in [0.29, 0.717) is 6.42 Å². The molecule has 0 aliphatic carbocycles. The molecule has 0 aliphatic rings. The Balaban J connectivity index is 2.73. The van der Waals surface area contributed by atoms with Crippen LogP contribution < -0.4 is 5.32 Å². The van der Waals surface area contributed by atoms with E-state index in [0.717, 1.165) is 5.56 Å². The van der Waals surface area contributed by atoms with Crippen molar-refractivity contribution in [2.24, 2.45) is 0 Å². The smallest absolute Gasteiger partial charge is 0.410 e. The van der Waals surface area contributed by atoms with Crippen LogP contribution in [0.15, 0.2) is 18.3 Å². The van der Waals surface area contributed by atoms with Crippen molar-refractivity contribution in [3.8, 4) is 0 Å². The molecule has 1 aromatic rings. The second-order valence-corrected chi connectivity index (χ2v) is 3.03. The summed E-state index contributed by atoms with van der Waals surface area (Å²) in [6.45, 7) is 1.67. The Morgan fingerprint density at radius 1 is 1.71 bits per heavy atom. The van der Waals surface area contributed by atoms with Crippen LogP contribution in [0.3, 0.4) is 0 Å². The SMILES string of the molecule is CC(O)Cc1ccnc(NC(=O)O)c1. The number of pyridine rings is 1. The van der Waals surface area contributed by atoms with Crippen molar-refractivity contribution in [1.29, 1.82) is 0 Å². The van der Waals surface area contributed by atoms with Gasteiger partial charge >= 0.3 is 6.09 Å². The van der Waals surface area contributed by atoms with Crippen LogP contribution in [0.1, 0.15) is 12.5 Å². The van der Waals surface area contributed by atoms with Crippen molar-refractivity contribution < 1.29 is 15.0 Å². The van der Waals surface area contributed by atoms with Gasteiger partial charge in [-0.1, -0.05) is 0 Å². The summed E-state index contributed by atoms with van der Waals surface area (Å²) in [7, 11) is 0. The van der Waals surface area contributed by atoms with E-state index in [2.05, 4.69) is 10.3 Å². The zero-order chi connectivity index (χ0) is 10.6. The zero-order valence-electron chi connectivity index (χ0n) is 7.77. The number of aliphatic hydroxyl groups excluding tert-OH is 1. The van der Waals surface area contributed by atoms with Gasteiger partial charge in [0.05, 0.1) is 6.10 Å². The average Bonchev–Trinajstić information content (AvgIpc) is 2.01. The maximum absolute atomic E-state index is 10.3. The summed E-state index contributed by atoms with van der Waals surface area (Å²) < 4.78 is 0. The summed E-state index contributed by atoms with van der Waals surface area (Å²) >= 11 is 0. The number of nitrogens with one attached hydrogen (secondary N) is 1. The predicted molar refractivity (Wildman–Crippen MR) is 51.3 cm³/mol. The highest BCUT2D eigenvalue weighted by Crippen LogP contribution is 2.08. The monoisotopic (exact) mass is 196 g/mol. The molecule has 1 heterocycles. The standard InChI is InChI=1S/C9H12N2O3/c1-6(12)4-7-2-3-10-8(5-7)11-9(13)14/h2-3,5-6,12H,4H2,1H3,(H,10,11)(H,13,14). The Hall–Kier alpha value is -1.62. The molecule has 0 aromatic carbocycles. The first-order valence-corrected chi connectivity index (χ1v) is 4.21. The third-order valence-corrected chi connectivity index (χ3v) is 1.59. The number of aliphatic hydroxyl groups is 1. The lowest BCUT2D eigenvalue weighted by molar-refractivity contribution is 0.195. The number of amides is 1. The van der Waals surface area contributed by atoms with Gasteiger partial charge in [-0.05, 0) is 31.0 Å². The Bertz CT molecular complexity index is 326. The molecule has 1 atom stereocenters. The number of carboxylic acid groups (broad SMARTS) is 1. The maximum atomic E-state index is 10.3. The van der Waals surface area contributed by atoms with Crippen LogP contribution in [0.4, 0.5) is 10.6 Å². The van der Waals surface area contributed by atoms with Crippen molar-refractivity contribution in [3.05, 3.63) is 23.9 Å². The van der Waals surface area contributed by atoms with E-state index >= 15 is 0 Å². The fraction of sp³-hybridized carbons (Fsp3) is 0.333. The van der Waals surface area contributed by atoms with Crippen molar-refractivity contribution >= 4 is 11.9 Å². The molecule has 0 fully saturated rings. The largest absolute Gasteiger partial charge is 0.465 e. The van der Waals surface area contributed by atoms with Crippen molar-refractivity contribution in [3.63, 3.8) is 0 Å². The molecular formula is C9H12N2O3. The highest BCUT2D eigenvalue weighted by atomic mass is 16.4. The lowest BCUT2D eigenvalue weighted by Crippen LogP contribution is -2.10. The van der Waals surface area contributed by atoms with Gasteiger partial charge < -0.3 is 10.2 Å². The molecule has 0 saturated heterocycles. The van der Waals surface area contributed by atoms with Crippen molar-refractivity contribution in [2.45, 2.75) is 19.4 Å². The third-order valence-electron chi connectivity index (χ3n) is 1.59. The molecule has 14 heavy (non-hydrogen) atoms. The molecule has 76 valence electrons. The normalized spacial score (nSPS) is 12.1. The topological polar surface area (TPSA) is 82.5 Å². The molecule has 1 unspecified atom stereocenters. The molecule has 0 bridgehead atoms. The summed E-state index contributed by atoms with van der Waals surface area (Å²) in [4.78, 5) is 14.1. The molecule has 0 aliphatic heterocycles. The molecule has 1 aromatic heterocycles. The first-order valence-electron chi connectivity index (χ1n) is 4.21. The lowest BCUT2D eigenvalue weighted by Gasteiger charge is -2.05. The fourth-order valence-corrected chi connectivity index (χ4v) is 1.12. The third kappa shape index (κ3) is 3.40. The van der Waals surface area contributed by atoms with Gasteiger partial charge in [0.2, 0.25) is 0 Å². The van der Waals surface area contributed by atoms with Crippen LogP contribution in [0, 0.1) is 0 Å². The van der Waals surface area contributed by atoms with E-state index in [1.807, 2.05) is 0 Å². The van der Waals surface area contributed by atoms with Crippen LogP contribution in [0.5, 0.6) is 0 Å². The van der Waals surface area contributed by atoms with E-state index < -0.39 is 12.2 Å². The number of hydrogen-bond acceptors (Lipinski definition) is 3. The average molecular weight is 196 g/mol. The summed E-state index contributed by atoms with van der Waals surface area (Å²) in [6.07, 6.45) is 0.390. The van der Waals surface area contributed by atoms with Crippen LogP contribution in [0.2, 0.25) is 0 Å². The molecule has 0 radical (unpaired) electrons. The van der Waals surface area contributed by atoms with Crippen LogP contribution in [-0.4, -0.2) is 27.4 Å². The minimum absolute atomic E-state index is 0.274. The van der Waals surface area contributed by atoms with E-state index in [9.17, 15) is 4.79 Å². The first kappa shape index (κ1) is 10.5. The summed E-state index contributed by atoms with van der Waals surface area (Å²) in [5.41, 5.74) is 0.846. The Labute approximate surface area is 81.4 Å². The van der Waals surface area contributed by atoms with Gasteiger partial charge in [-0.25, -0.2) is 9.78 Å². The number of nitrogens with zero attached hydrogens (tertiary/aromatic N) is 1. The predicted octanol–water partition coefficient (Wildman–Crippen LogP) is 1.09. The number of rotatable bonds is 3. The van der Waals surface area contributed by atoms with Gasteiger partial charge in [-0.3, -0.25) is 5.32 Å². The van der Waals surface area contributed by atoms with E-state index in [1.165, 1.54) is 6.20 Å². The summed E-state index contributed by atoms with van der Waals surface area (Å²) in [5.74, 6) is 0.274. The summed E-state index contributed by atoms with van der Waals surface area (Å²) in [5, 5.41) is 19.7. The zero-order valence-corrected chi connectivity index (χ0v) is 7.77. The van der Waals surface area contributed by atoms with E-state index in [-0.39, 0.29) is 5.82 Å². The number of carbonyl (C=O) groups is 1. The fourth-order valence-electron chi connectivity index (χ4n) is 1.12. The quantitative estimate of drug-likeness (QED) is 0.675. The van der Waals surface area contributed by atoms with Gasteiger partial charge in [0.15, 0.2) is 0 Å². The highest BCUT2D eigenvalue weighted by Gasteiger charge is 2.02. The first-order chi connectivity index (χ1) is 6.58. The molecular weight excluding hydrogens is 184 g/mol. The lowest BCUT2D eigenvalue weighted by atomic mass is 10.1. The molecule has 1 rings (SSSR count). The van der Waals surface area contributed by atoms with Gasteiger partial charge in [0, 0.05) is 6.20 Å². The van der Waals surface area contributed by atoms with Crippen LogP contribution in [-0.2, 0) is 6.42 Å². The van der Waals surface area contributed by atoms with Crippen molar-refractivity contribution in [2.75, 3.05) is 5.32 Å². The molecule has 1 amide bonds. The highest BCUT2D eigenvalue weighted by molar-refractivity contribution is 5.81. The molecule has 3 N–H and O–H groups in total. The van der Waals surface area contributed by atoms with Gasteiger partial charge in [0.1, 0.15) is 5.82 Å². The van der Waals surface area contributed by atoms with E-state index in [4.69, 9.17) is 10.2 Å². The molecule has 5 nitrogen and oxygen atoms in total. The Morgan fingerprint density at radius 2 is 2.43 bits per heavy atom. The van der Waals surface area contributed by atoms with Gasteiger partial charge in [0.25, 0.3) is 0 Å². The van der Waals surface area contributed by atoms with Crippen molar-refractivity contribution in [1.82, 2.24) is 4.98 Å². The van der Waals surface area contributed by atoms with Crippen LogP contribution >= 0.6 is 0 Å². The number of aromatic nitrogens is 1. The Morgan fingerprint density at radius 3 is 3.00 bits per heavy atom. The minimum Gasteiger partial charge on any atom is -0.465 e. The molecule has 0 saturated carbocycles. The molecule has 5 heteroatoms. The van der Waals surface area contributed by atoms with Gasteiger partial charge in [-0.15, -0.1) is 0 Å². The van der Waals surface area contributed by atoms with E-state index in [1.54, 1.807) is 19.1 Å². The maximum Gasteiger partial charge on any atom is 0.410 e. The second-order valence-electron chi connectivity index (χ2n) is 3.03. The summed E-state index contributed by atoms with van der Waals surface area (Å²) in [6, 6.07) is 3.33. The Kier molecular flexibility index (Phi) is 3.41.